The van der Waals surface area contributed by atoms with E-state index < -0.39 is 5.91 Å². The fraction of sp³-hybridized carbons (Fsp3) is 0.286. The maximum absolute atomic E-state index is 12.2. The number of benzene rings is 1. The second kappa shape index (κ2) is 9.30. The molecule has 0 fully saturated rings. The summed E-state index contributed by atoms with van der Waals surface area (Å²) in [6.07, 6.45) is 3.96. The number of nitrogens with two attached hydrogens (primary N) is 1. The van der Waals surface area contributed by atoms with E-state index in [0.29, 0.717) is 10.6 Å². The minimum Gasteiger partial charge on any atom is -0.365 e. The van der Waals surface area contributed by atoms with E-state index in [1.807, 2.05) is 31.2 Å². The maximum Gasteiger partial charge on any atom is 0.252 e. The molecule has 1 atom stereocenters. The Labute approximate surface area is 179 Å². The van der Waals surface area contributed by atoms with Crippen molar-refractivity contribution in [3.05, 3.63) is 57.5 Å². The number of carbonyl (C=O) groups is 2. The number of carbonyl (C=O) groups excluding carboxylic acids is 2. The van der Waals surface area contributed by atoms with Crippen molar-refractivity contribution in [2.45, 2.75) is 26.8 Å². The third kappa shape index (κ3) is 5.29. The molecule has 0 bridgehead atoms. The van der Waals surface area contributed by atoms with Gasteiger partial charge in [0.15, 0.2) is 5.11 Å². The summed E-state index contributed by atoms with van der Waals surface area (Å²) in [7, 11) is 0. The van der Waals surface area contributed by atoms with Gasteiger partial charge in [-0.2, -0.15) is 0 Å². The summed E-state index contributed by atoms with van der Waals surface area (Å²) >= 11 is 6.75. The Morgan fingerprint density at radius 1 is 1.31 bits per heavy atom. The van der Waals surface area contributed by atoms with E-state index in [1.54, 1.807) is 6.08 Å². The molecule has 0 aliphatic carbocycles. The maximum atomic E-state index is 12.2. The molecule has 6 nitrogen and oxygen atoms in total. The molecule has 2 aromatic rings. The lowest BCUT2D eigenvalue weighted by Crippen LogP contribution is -3.11. The van der Waals surface area contributed by atoms with Crippen molar-refractivity contribution in [3.63, 3.8) is 0 Å². The van der Waals surface area contributed by atoms with Crippen molar-refractivity contribution in [1.29, 1.82) is 0 Å². The number of aryl methyl sites for hydroxylation is 1. The quantitative estimate of drug-likeness (QED) is 0.430. The highest BCUT2D eigenvalue weighted by molar-refractivity contribution is 7.80. The van der Waals surface area contributed by atoms with Gasteiger partial charge < -0.3 is 16.0 Å². The van der Waals surface area contributed by atoms with Gasteiger partial charge in [0, 0.05) is 12.5 Å². The van der Waals surface area contributed by atoms with Crippen LogP contribution in [-0.4, -0.2) is 30.0 Å². The number of thiocarbonyl (C=S) groups is 1. The lowest BCUT2D eigenvalue weighted by molar-refractivity contribution is -0.913. The Morgan fingerprint density at radius 3 is 2.69 bits per heavy atom. The number of thiophene rings is 1. The molecule has 1 aliphatic rings. The number of quaternary nitrogens is 1. The van der Waals surface area contributed by atoms with Gasteiger partial charge in [-0.1, -0.05) is 29.8 Å². The van der Waals surface area contributed by atoms with E-state index >= 15 is 0 Å². The number of likely N-dealkylation sites (N-methyl/N-ethyl adjacent to an activating group) is 1. The summed E-state index contributed by atoms with van der Waals surface area (Å²) in [4.78, 5) is 26.8. The molecule has 29 heavy (non-hydrogen) atoms. The van der Waals surface area contributed by atoms with Crippen LogP contribution in [0.15, 0.2) is 30.3 Å². The van der Waals surface area contributed by atoms with Crippen LogP contribution < -0.4 is 21.3 Å². The molecule has 1 aromatic carbocycles. The van der Waals surface area contributed by atoms with Crippen molar-refractivity contribution < 1.29 is 14.5 Å². The van der Waals surface area contributed by atoms with Crippen LogP contribution in [-0.2, 0) is 17.8 Å². The van der Waals surface area contributed by atoms with E-state index in [9.17, 15) is 9.59 Å². The molecule has 0 radical (unpaired) electrons. The van der Waals surface area contributed by atoms with E-state index in [4.69, 9.17) is 18.0 Å². The van der Waals surface area contributed by atoms with Crippen LogP contribution in [0.4, 0.5) is 5.00 Å². The second-order valence-corrected chi connectivity index (χ2v) is 8.55. The number of nitrogens with one attached hydrogen (secondary N) is 3. The van der Waals surface area contributed by atoms with Crippen molar-refractivity contribution in [2.24, 2.45) is 5.73 Å². The minimum absolute atomic E-state index is 0.143. The lowest BCUT2D eigenvalue weighted by atomic mass is 10.0. The molecular formula is C21H25N4O2S2+. The first-order chi connectivity index (χ1) is 13.9. The zero-order chi connectivity index (χ0) is 21.0. The predicted molar refractivity (Wildman–Crippen MR) is 121 cm³/mol. The Bertz CT molecular complexity index is 964. The fourth-order valence-corrected chi connectivity index (χ4v) is 4.92. The van der Waals surface area contributed by atoms with Gasteiger partial charge in [-0.3, -0.25) is 14.9 Å². The van der Waals surface area contributed by atoms with Crippen molar-refractivity contribution in [2.75, 3.05) is 18.4 Å². The summed E-state index contributed by atoms with van der Waals surface area (Å²) in [6, 6.07) is 7.84. The number of hydrogen-bond donors (Lipinski definition) is 4. The largest absolute Gasteiger partial charge is 0.365 e. The predicted octanol–water partition coefficient (Wildman–Crippen LogP) is 1.64. The molecule has 3 rings (SSSR count). The van der Waals surface area contributed by atoms with Crippen LogP contribution in [0.3, 0.4) is 0 Å². The standard InChI is InChI=1S/C21H24N4O2S2/c1-3-25-11-10-15-16(12-25)29-20(18(15)19(22)27)24-21(28)23-17(26)9-8-14-6-4-13(2)5-7-14/h4-9H,3,10-12H2,1-2H3,(H2,22,27)(H2,23,24,26,28)/p+1. The van der Waals surface area contributed by atoms with Crippen LogP contribution >= 0.6 is 23.6 Å². The van der Waals surface area contributed by atoms with E-state index in [2.05, 4.69) is 17.6 Å². The molecule has 8 heteroatoms. The van der Waals surface area contributed by atoms with Crippen LogP contribution in [0.5, 0.6) is 0 Å². The van der Waals surface area contributed by atoms with Gasteiger partial charge in [0.2, 0.25) is 5.91 Å². The van der Waals surface area contributed by atoms with Crippen LogP contribution in [0.2, 0.25) is 0 Å². The highest BCUT2D eigenvalue weighted by atomic mass is 32.1. The molecule has 1 aliphatic heterocycles. The number of primary amides is 1. The average molecular weight is 430 g/mol. The van der Waals surface area contributed by atoms with E-state index in [0.717, 1.165) is 47.6 Å². The molecule has 1 aromatic heterocycles. The molecular weight excluding hydrogens is 404 g/mol. The zero-order valence-electron chi connectivity index (χ0n) is 16.5. The van der Waals surface area contributed by atoms with Gasteiger partial charge in [0.1, 0.15) is 11.5 Å². The molecule has 5 N–H and O–H groups in total. The number of anilines is 1. The van der Waals surface area contributed by atoms with Crippen LogP contribution in [0.25, 0.3) is 6.08 Å². The Morgan fingerprint density at radius 2 is 2.03 bits per heavy atom. The Balaban J connectivity index is 1.67. The normalized spacial score (nSPS) is 15.7. The lowest BCUT2D eigenvalue weighted by Gasteiger charge is -2.22. The zero-order valence-corrected chi connectivity index (χ0v) is 18.1. The van der Waals surface area contributed by atoms with Crippen LogP contribution in [0.1, 0.15) is 38.8 Å². The van der Waals surface area contributed by atoms with Crippen molar-refractivity contribution >= 4 is 51.6 Å². The molecule has 0 saturated heterocycles. The molecule has 0 spiro atoms. The summed E-state index contributed by atoms with van der Waals surface area (Å²) < 4.78 is 0. The third-order valence-corrected chi connectivity index (χ3v) is 6.30. The smallest absolute Gasteiger partial charge is 0.252 e. The Kier molecular flexibility index (Phi) is 6.79. The third-order valence-electron chi connectivity index (χ3n) is 4.94. The first kappa shape index (κ1) is 21.2. The topological polar surface area (TPSA) is 88.7 Å². The molecule has 2 heterocycles. The summed E-state index contributed by atoms with van der Waals surface area (Å²) in [5, 5.41) is 6.36. The van der Waals surface area contributed by atoms with E-state index in [-0.39, 0.29) is 11.0 Å². The van der Waals surface area contributed by atoms with Crippen molar-refractivity contribution in [1.82, 2.24) is 5.32 Å². The number of fused-ring (bicyclic) bond motifs is 1. The van der Waals surface area contributed by atoms with Gasteiger partial charge in [-0.15, -0.1) is 11.3 Å². The first-order valence-electron chi connectivity index (χ1n) is 9.52. The minimum atomic E-state index is -0.474. The molecule has 152 valence electrons. The molecule has 2 amide bonds. The second-order valence-electron chi connectivity index (χ2n) is 7.04. The summed E-state index contributed by atoms with van der Waals surface area (Å²) in [5.41, 5.74) is 9.21. The monoisotopic (exact) mass is 429 g/mol. The van der Waals surface area contributed by atoms with Crippen LogP contribution in [0, 0.1) is 6.92 Å². The van der Waals surface area contributed by atoms with E-state index in [1.165, 1.54) is 22.3 Å². The molecule has 0 saturated carbocycles. The fourth-order valence-electron chi connectivity index (χ4n) is 3.32. The number of amides is 2. The van der Waals surface area contributed by atoms with Gasteiger partial charge in [-0.25, -0.2) is 0 Å². The van der Waals surface area contributed by atoms with Crippen molar-refractivity contribution in [3.8, 4) is 0 Å². The number of hydrogen-bond acceptors (Lipinski definition) is 4. The first-order valence-corrected chi connectivity index (χ1v) is 10.7. The average Bonchev–Trinajstić information content (AvgIpc) is 3.04. The highest BCUT2D eigenvalue weighted by Gasteiger charge is 2.28. The van der Waals surface area contributed by atoms with Gasteiger partial charge in [0.05, 0.1) is 23.5 Å². The summed E-state index contributed by atoms with van der Waals surface area (Å²) in [5.74, 6) is -0.815. The van der Waals surface area contributed by atoms with Gasteiger partial charge >= 0.3 is 0 Å². The number of rotatable bonds is 5. The summed E-state index contributed by atoms with van der Waals surface area (Å²) in [6.45, 7) is 7.04. The molecule has 1 unspecified atom stereocenters. The SMILES string of the molecule is CC[NH+]1CCc2c(sc(NC(=S)NC(=O)C=Cc3ccc(C)cc3)c2C(N)=O)C1. The van der Waals surface area contributed by atoms with Gasteiger partial charge in [-0.05, 0) is 43.3 Å². The highest BCUT2D eigenvalue weighted by Crippen LogP contribution is 2.34. The Hall–Kier alpha value is -2.55. The van der Waals surface area contributed by atoms with Gasteiger partial charge in [0.25, 0.3) is 5.91 Å².